The number of fused-ring (bicyclic) bond motifs is 1. The van der Waals surface area contributed by atoms with Gasteiger partial charge in [-0.25, -0.2) is 4.79 Å². The summed E-state index contributed by atoms with van der Waals surface area (Å²) < 4.78 is 5.29. The van der Waals surface area contributed by atoms with Crippen LogP contribution < -0.4 is 5.63 Å². The highest BCUT2D eigenvalue weighted by Crippen LogP contribution is 2.18. The van der Waals surface area contributed by atoms with Crippen molar-refractivity contribution in [3.8, 4) is 0 Å². The Balaban J connectivity index is 2.50. The predicted octanol–water partition coefficient (Wildman–Crippen LogP) is 3.83. The summed E-state index contributed by atoms with van der Waals surface area (Å²) in [6.45, 7) is 8.09. The monoisotopic (exact) mass is 301 g/mol. The molecule has 0 fully saturated rings. The molecule has 0 saturated heterocycles. The van der Waals surface area contributed by atoms with Gasteiger partial charge in [0.25, 0.3) is 5.91 Å². The van der Waals surface area contributed by atoms with Crippen molar-refractivity contribution in [2.24, 2.45) is 0 Å². The van der Waals surface area contributed by atoms with Gasteiger partial charge in [-0.15, -0.1) is 0 Å². The SMILES string of the molecule is CC[C@@H](C)N(C(=O)c1cc2ccccc2oc1=O)[C@H](C)CC. The van der Waals surface area contributed by atoms with Gasteiger partial charge in [0.1, 0.15) is 11.1 Å². The van der Waals surface area contributed by atoms with Crippen molar-refractivity contribution < 1.29 is 9.21 Å². The minimum atomic E-state index is -0.569. The van der Waals surface area contributed by atoms with Crippen molar-refractivity contribution in [2.45, 2.75) is 52.6 Å². The summed E-state index contributed by atoms with van der Waals surface area (Å²) in [6.07, 6.45) is 1.68. The van der Waals surface area contributed by atoms with Crippen LogP contribution in [0.15, 0.2) is 39.5 Å². The Morgan fingerprint density at radius 3 is 2.32 bits per heavy atom. The lowest BCUT2D eigenvalue weighted by Crippen LogP contribution is -2.45. The maximum Gasteiger partial charge on any atom is 0.349 e. The highest BCUT2D eigenvalue weighted by Gasteiger charge is 2.27. The van der Waals surface area contributed by atoms with Crippen LogP contribution in [0.5, 0.6) is 0 Å². The van der Waals surface area contributed by atoms with Gasteiger partial charge in [-0.3, -0.25) is 4.79 Å². The average Bonchev–Trinajstić information content (AvgIpc) is 2.53. The van der Waals surface area contributed by atoms with E-state index in [0.717, 1.165) is 18.2 Å². The van der Waals surface area contributed by atoms with Crippen LogP contribution in [0.1, 0.15) is 50.9 Å². The second-order valence-electron chi connectivity index (χ2n) is 5.71. The first-order chi connectivity index (χ1) is 10.5. The molecule has 4 nitrogen and oxygen atoms in total. The molecular weight excluding hydrogens is 278 g/mol. The van der Waals surface area contributed by atoms with Crippen molar-refractivity contribution in [1.82, 2.24) is 4.90 Å². The zero-order valence-corrected chi connectivity index (χ0v) is 13.6. The molecule has 0 bridgehead atoms. The normalized spacial score (nSPS) is 13.8. The Morgan fingerprint density at radius 1 is 1.14 bits per heavy atom. The van der Waals surface area contributed by atoms with Crippen molar-refractivity contribution in [3.63, 3.8) is 0 Å². The van der Waals surface area contributed by atoms with Gasteiger partial charge in [-0.05, 0) is 38.8 Å². The molecule has 1 aromatic heterocycles. The number of hydrogen-bond donors (Lipinski definition) is 0. The minimum Gasteiger partial charge on any atom is -0.422 e. The van der Waals surface area contributed by atoms with E-state index in [1.165, 1.54) is 0 Å². The molecule has 4 heteroatoms. The van der Waals surface area contributed by atoms with Gasteiger partial charge >= 0.3 is 5.63 Å². The molecule has 2 rings (SSSR count). The third-order valence-corrected chi connectivity index (χ3v) is 4.24. The fraction of sp³-hybridized carbons (Fsp3) is 0.444. The summed E-state index contributed by atoms with van der Waals surface area (Å²) in [6, 6.07) is 9.02. The van der Waals surface area contributed by atoms with Crippen LogP contribution in [-0.2, 0) is 0 Å². The first-order valence-corrected chi connectivity index (χ1v) is 7.85. The first kappa shape index (κ1) is 16.3. The third-order valence-electron chi connectivity index (χ3n) is 4.24. The number of amides is 1. The summed E-state index contributed by atoms with van der Waals surface area (Å²) in [5, 5.41) is 0.763. The number of carbonyl (C=O) groups is 1. The summed E-state index contributed by atoms with van der Waals surface area (Å²) in [5.74, 6) is -0.247. The molecule has 0 saturated carbocycles. The van der Waals surface area contributed by atoms with Gasteiger partial charge in [-0.1, -0.05) is 32.0 Å². The fourth-order valence-corrected chi connectivity index (χ4v) is 2.58. The first-order valence-electron chi connectivity index (χ1n) is 7.85. The second kappa shape index (κ2) is 6.77. The van der Waals surface area contributed by atoms with Crippen LogP contribution in [-0.4, -0.2) is 22.9 Å². The fourth-order valence-electron chi connectivity index (χ4n) is 2.58. The van der Waals surface area contributed by atoms with E-state index in [0.29, 0.717) is 5.58 Å². The summed E-state index contributed by atoms with van der Waals surface area (Å²) in [7, 11) is 0. The van der Waals surface area contributed by atoms with E-state index in [9.17, 15) is 9.59 Å². The Bertz CT molecular complexity index is 710. The molecule has 1 amide bonds. The Hall–Kier alpha value is -2.10. The molecule has 118 valence electrons. The topological polar surface area (TPSA) is 50.5 Å². The average molecular weight is 301 g/mol. The molecular formula is C18H23NO3. The maximum atomic E-state index is 12.9. The maximum absolute atomic E-state index is 12.9. The number of para-hydroxylation sites is 1. The number of nitrogens with zero attached hydrogens (tertiary/aromatic N) is 1. The Morgan fingerprint density at radius 2 is 1.73 bits per heavy atom. The van der Waals surface area contributed by atoms with E-state index >= 15 is 0 Å². The zero-order chi connectivity index (χ0) is 16.3. The number of benzene rings is 1. The summed E-state index contributed by atoms with van der Waals surface area (Å²) >= 11 is 0. The van der Waals surface area contributed by atoms with Gasteiger partial charge in [0.15, 0.2) is 0 Å². The third kappa shape index (κ3) is 3.06. The van der Waals surface area contributed by atoms with Gasteiger partial charge < -0.3 is 9.32 Å². The highest BCUT2D eigenvalue weighted by molar-refractivity contribution is 5.97. The van der Waals surface area contributed by atoms with Gasteiger partial charge in [-0.2, -0.15) is 0 Å². The molecule has 1 aromatic carbocycles. The lowest BCUT2D eigenvalue weighted by molar-refractivity contribution is 0.0594. The van der Waals surface area contributed by atoms with Crippen LogP contribution in [0, 0.1) is 0 Å². The second-order valence-corrected chi connectivity index (χ2v) is 5.71. The standard InChI is InChI=1S/C18H23NO3/c1-5-12(3)19(13(4)6-2)17(20)15-11-14-9-7-8-10-16(14)22-18(15)21/h7-13H,5-6H2,1-4H3/t12-,13-/m1/s1. The predicted molar refractivity (Wildman–Crippen MR) is 88.2 cm³/mol. The van der Waals surface area contributed by atoms with Crippen LogP contribution in [0.2, 0.25) is 0 Å². The van der Waals surface area contributed by atoms with E-state index < -0.39 is 5.63 Å². The van der Waals surface area contributed by atoms with Crippen molar-refractivity contribution in [3.05, 3.63) is 46.3 Å². The quantitative estimate of drug-likeness (QED) is 0.789. The van der Waals surface area contributed by atoms with Crippen LogP contribution in [0.3, 0.4) is 0 Å². The van der Waals surface area contributed by atoms with Gasteiger partial charge in [0.05, 0.1) is 0 Å². The molecule has 0 aliphatic heterocycles. The van der Waals surface area contributed by atoms with E-state index in [-0.39, 0.29) is 23.6 Å². The number of hydrogen-bond acceptors (Lipinski definition) is 3. The van der Waals surface area contributed by atoms with E-state index in [4.69, 9.17) is 4.42 Å². The number of rotatable bonds is 5. The zero-order valence-electron chi connectivity index (χ0n) is 13.6. The van der Waals surface area contributed by atoms with Crippen molar-refractivity contribution >= 4 is 16.9 Å². The summed E-state index contributed by atoms with van der Waals surface area (Å²) in [5.41, 5.74) is 0.0438. The smallest absolute Gasteiger partial charge is 0.349 e. The highest BCUT2D eigenvalue weighted by atomic mass is 16.4. The van der Waals surface area contributed by atoms with Gasteiger partial charge in [0, 0.05) is 17.5 Å². The van der Waals surface area contributed by atoms with E-state index in [1.54, 1.807) is 23.1 Å². The van der Waals surface area contributed by atoms with Crippen LogP contribution in [0.4, 0.5) is 0 Å². The minimum absolute atomic E-state index is 0.0771. The number of carbonyl (C=O) groups excluding carboxylic acids is 1. The largest absolute Gasteiger partial charge is 0.422 e. The van der Waals surface area contributed by atoms with Crippen LogP contribution in [0.25, 0.3) is 11.0 Å². The molecule has 0 N–H and O–H groups in total. The summed E-state index contributed by atoms with van der Waals surface area (Å²) in [4.78, 5) is 26.9. The Labute approximate surface area is 130 Å². The molecule has 0 aliphatic carbocycles. The molecule has 0 spiro atoms. The van der Waals surface area contributed by atoms with Crippen molar-refractivity contribution in [2.75, 3.05) is 0 Å². The Kier molecular flexibility index (Phi) is 5.01. The molecule has 2 atom stereocenters. The molecule has 1 heterocycles. The van der Waals surface area contributed by atoms with E-state index in [1.807, 2.05) is 39.8 Å². The van der Waals surface area contributed by atoms with E-state index in [2.05, 4.69) is 0 Å². The molecule has 2 aromatic rings. The lowest BCUT2D eigenvalue weighted by atomic mass is 10.1. The lowest BCUT2D eigenvalue weighted by Gasteiger charge is -2.33. The van der Waals surface area contributed by atoms with Crippen molar-refractivity contribution in [1.29, 1.82) is 0 Å². The molecule has 0 unspecified atom stereocenters. The molecule has 0 radical (unpaired) electrons. The molecule has 0 aliphatic rings. The van der Waals surface area contributed by atoms with Gasteiger partial charge in [0.2, 0.25) is 0 Å². The molecule has 22 heavy (non-hydrogen) atoms. The van der Waals surface area contributed by atoms with Crippen LogP contribution >= 0.6 is 0 Å².